The fourth-order valence-electron chi connectivity index (χ4n) is 3.08. The summed E-state index contributed by atoms with van der Waals surface area (Å²) < 4.78 is 0. The summed E-state index contributed by atoms with van der Waals surface area (Å²) in [6, 6.07) is 8.81. The monoisotopic (exact) mass is 380 g/mol. The summed E-state index contributed by atoms with van der Waals surface area (Å²) in [4.78, 5) is 19.4. The molecular weight excluding hydrogens is 348 g/mol. The van der Waals surface area contributed by atoms with Crippen molar-refractivity contribution in [2.75, 3.05) is 64.6 Å². The van der Waals surface area contributed by atoms with Gasteiger partial charge in [-0.3, -0.25) is 9.69 Å². The predicted octanol–water partition coefficient (Wildman–Crippen LogP) is 2.42. The lowest BCUT2D eigenvalue weighted by Gasteiger charge is -2.38. The fraction of sp³-hybridized carbons (Fsp3) is 0.650. The van der Waals surface area contributed by atoms with E-state index in [1.807, 2.05) is 27.9 Å². The van der Waals surface area contributed by atoms with Gasteiger partial charge in [-0.2, -0.15) is 0 Å². The van der Waals surface area contributed by atoms with Crippen LogP contribution in [0.5, 0.6) is 0 Å². The van der Waals surface area contributed by atoms with E-state index in [1.165, 1.54) is 11.3 Å². The number of anilines is 1. The molecule has 6 heteroatoms. The molecule has 0 saturated carbocycles. The normalized spacial score (nSPS) is 17.8. The van der Waals surface area contributed by atoms with E-state index in [1.54, 1.807) is 0 Å². The number of amides is 1. The standard InChI is InChI=1S/C20H33ClN4O/c1-20(2,15-21)19(26)22-14-18(25-12-10-24(5)11-13-25)16-6-8-17(9-7-16)23(3)4/h6-9,18H,10-15H2,1-5H3,(H,22,26). The molecule has 1 N–H and O–H groups in total. The number of carbonyl (C=O) groups excluding carboxylic acids is 1. The molecule has 1 aliphatic heterocycles. The summed E-state index contributed by atoms with van der Waals surface area (Å²) in [7, 11) is 6.24. The molecule has 0 aliphatic carbocycles. The van der Waals surface area contributed by atoms with E-state index in [0.717, 1.165) is 26.2 Å². The van der Waals surface area contributed by atoms with Gasteiger partial charge in [-0.05, 0) is 38.6 Å². The lowest BCUT2D eigenvalue weighted by molar-refractivity contribution is -0.128. The lowest BCUT2D eigenvalue weighted by atomic mass is 9.94. The molecule has 1 aliphatic rings. The summed E-state index contributed by atoms with van der Waals surface area (Å²) >= 11 is 5.95. The first-order chi connectivity index (χ1) is 12.2. The van der Waals surface area contributed by atoms with E-state index in [0.29, 0.717) is 12.4 Å². The van der Waals surface area contributed by atoms with Crippen molar-refractivity contribution in [1.29, 1.82) is 0 Å². The molecule has 1 amide bonds. The maximum Gasteiger partial charge on any atom is 0.226 e. The van der Waals surface area contributed by atoms with Crippen molar-refractivity contribution >= 4 is 23.2 Å². The minimum Gasteiger partial charge on any atom is -0.378 e. The van der Waals surface area contributed by atoms with Crippen LogP contribution in [0.4, 0.5) is 5.69 Å². The highest BCUT2D eigenvalue weighted by Gasteiger charge is 2.29. The average Bonchev–Trinajstić information content (AvgIpc) is 2.63. The van der Waals surface area contributed by atoms with Crippen LogP contribution in [0.1, 0.15) is 25.5 Å². The van der Waals surface area contributed by atoms with E-state index in [-0.39, 0.29) is 11.9 Å². The Morgan fingerprint density at radius 2 is 1.77 bits per heavy atom. The second kappa shape index (κ2) is 9.07. The Kier molecular flexibility index (Phi) is 7.33. The van der Waals surface area contributed by atoms with Crippen molar-refractivity contribution in [3.63, 3.8) is 0 Å². The Hall–Kier alpha value is -1.30. The third-order valence-corrected chi connectivity index (χ3v) is 5.85. The number of likely N-dealkylation sites (N-methyl/N-ethyl adjacent to an activating group) is 1. The molecule has 0 aromatic heterocycles. The Bertz CT molecular complexity index is 580. The van der Waals surface area contributed by atoms with E-state index in [2.05, 4.69) is 51.3 Å². The first-order valence-electron chi connectivity index (χ1n) is 9.29. The third-order valence-electron chi connectivity index (χ3n) is 5.18. The number of carbonyl (C=O) groups is 1. The second-order valence-corrected chi connectivity index (χ2v) is 8.34. The molecular formula is C20H33ClN4O. The van der Waals surface area contributed by atoms with Crippen molar-refractivity contribution in [2.45, 2.75) is 19.9 Å². The minimum atomic E-state index is -0.553. The fourth-order valence-corrected chi connectivity index (χ4v) is 3.20. The Labute approximate surface area is 163 Å². The molecule has 26 heavy (non-hydrogen) atoms. The second-order valence-electron chi connectivity index (χ2n) is 8.07. The van der Waals surface area contributed by atoms with Crippen LogP contribution in [0.3, 0.4) is 0 Å². The molecule has 1 aromatic rings. The molecule has 0 bridgehead atoms. The summed E-state index contributed by atoms with van der Waals surface area (Å²) in [5.74, 6) is 0.326. The molecule has 1 aromatic carbocycles. The molecule has 1 saturated heterocycles. The van der Waals surface area contributed by atoms with Crippen molar-refractivity contribution in [3.05, 3.63) is 29.8 Å². The van der Waals surface area contributed by atoms with Gasteiger partial charge in [0.1, 0.15) is 0 Å². The van der Waals surface area contributed by atoms with Crippen LogP contribution in [-0.2, 0) is 4.79 Å². The zero-order valence-corrected chi connectivity index (χ0v) is 17.5. The topological polar surface area (TPSA) is 38.8 Å². The Morgan fingerprint density at radius 3 is 2.27 bits per heavy atom. The number of benzene rings is 1. The van der Waals surface area contributed by atoms with Crippen molar-refractivity contribution in [3.8, 4) is 0 Å². The summed E-state index contributed by atoms with van der Waals surface area (Å²) in [6.07, 6.45) is 0. The van der Waals surface area contributed by atoms with Crippen LogP contribution in [0.2, 0.25) is 0 Å². The van der Waals surface area contributed by atoms with Crippen molar-refractivity contribution < 1.29 is 4.79 Å². The number of hydrogen-bond donors (Lipinski definition) is 1. The number of halogens is 1. The van der Waals surface area contributed by atoms with Crippen LogP contribution in [0.15, 0.2) is 24.3 Å². The number of hydrogen-bond acceptors (Lipinski definition) is 4. The maximum atomic E-state index is 12.5. The Balaban J connectivity index is 2.15. The molecule has 5 nitrogen and oxygen atoms in total. The van der Waals surface area contributed by atoms with Gasteiger partial charge in [-0.25, -0.2) is 0 Å². The van der Waals surface area contributed by atoms with Crippen LogP contribution >= 0.6 is 11.6 Å². The number of nitrogens with zero attached hydrogens (tertiary/aromatic N) is 3. The first kappa shape index (κ1) is 21.0. The van der Waals surface area contributed by atoms with Crippen LogP contribution in [-0.4, -0.2) is 75.5 Å². The number of piperazine rings is 1. The van der Waals surface area contributed by atoms with Crippen LogP contribution < -0.4 is 10.2 Å². The molecule has 0 radical (unpaired) electrons. The summed E-state index contributed by atoms with van der Waals surface area (Å²) in [5, 5.41) is 3.13. The Morgan fingerprint density at radius 1 is 1.19 bits per heavy atom. The SMILES string of the molecule is CN1CCN(C(CNC(=O)C(C)(C)CCl)c2ccc(N(C)C)cc2)CC1. The van der Waals surface area contributed by atoms with Crippen LogP contribution in [0, 0.1) is 5.41 Å². The molecule has 1 atom stereocenters. The molecule has 146 valence electrons. The summed E-state index contributed by atoms with van der Waals surface area (Å²) in [6.45, 7) is 8.47. The number of nitrogens with one attached hydrogen (secondary N) is 1. The van der Waals surface area contributed by atoms with Crippen molar-refractivity contribution in [2.24, 2.45) is 5.41 Å². The van der Waals surface area contributed by atoms with Crippen molar-refractivity contribution in [1.82, 2.24) is 15.1 Å². The highest BCUT2D eigenvalue weighted by Crippen LogP contribution is 2.25. The van der Waals surface area contributed by atoms with E-state index in [9.17, 15) is 4.79 Å². The smallest absolute Gasteiger partial charge is 0.226 e. The van der Waals surface area contributed by atoms with Gasteiger partial charge < -0.3 is 15.1 Å². The molecule has 1 unspecified atom stereocenters. The van der Waals surface area contributed by atoms with E-state index >= 15 is 0 Å². The molecule has 0 spiro atoms. The van der Waals surface area contributed by atoms with Gasteiger partial charge in [-0.15, -0.1) is 11.6 Å². The quantitative estimate of drug-likeness (QED) is 0.737. The van der Waals surface area contributed by atoms with Crippen LogP contribution in [0.25, 0.3) is 0 Å². The van der Waals surface area contributed by atoms with Gasteiger partial charge in [0.15, 0.2) is 0 Å². The van der Waals surface area contributed by atoms with Gasteiger partial charge in [0, 0.05) is 58.4 Å². The van der Waals surface area contributed by atoms with Gasteiger partial charge in [0.05, 0.1) is 11.5 Å². The van der Waals surface area contributed by atoms with Gasteiger partial charge in [-0.1, -0.05) is 12.1 Å². The molecule has 1 heterocycles. The van der Waals surface area contributed by atoms with E-state index < -0.39 is 5.41 Å². The van der Waals surface area contributed by atoms with Gasteiger partial charge in [0.25, 0.3) is 0 Å². The maximum absolute atomic E-state index is 12.5. The lowest BCUT2D eigenvalue weighted by Crippen LogP contribution is -2.49. The molecule has 1 fully saturated rings. The number of alkyl halides is 1. The molecule has 2 rings (SSSR count). The zero-order chi connectivity index (χ0) is 19.3. The number of rotatable bonds is 7. The zero-order valence-electron chi connectivity index (χ0n) is 16.8. The summed E-state index contributed by atoms with van der Waals surface area (Å²) in [5.41, 5.74) is 1.87. The first-order valence-corrected chi connectivity index (χ1v) is 9.82. The highest BCUT2D eigenvalue weighted by molar-refractivity contribution is 6.19. The highest BCUT2D eigenvalue weighted by atomic mass is 35.5. The largest absolute Gasteiger partial charge is 0.378 e. The predicted molar refractivity (Wildman–Crippen MR) is 110 cm³/mol. The van der Waals surface area contributed by atoms with E-state index in [4.69, 9.17) is 11.6 Å². The average molecular weight is 381 g/mol. The van der Waals surface area contributed by atoms with Gasteiger partial charge >= 0.3 is 0 Å². The van der Waals surface area contributed by atoms with Gasteiger partial charge in [0.2, 0.25) is 5.91 Å². The minimum absolute atomic E-state index is 0.0107. The third kappa shape index (κ3) is 5.35.